The Bertz CT molecular complexity index is 754. The molecule has 2 aromatic rings. The van der Waals surface area contributed by atoms with Crippen LogP contribution in [0.25, 0.3) is 0 Å². The minimum Gasteiger partial charge on any atom is -0.494 e. The summed E-state index contributed by atoms with van der Waals surface area (Å²) in [4.78, 5) is 26.4. The number of hydrogen-bond acceptors (Lipinski definition) is 3. The molecular formula is C21H25N3O3. The zero-order valence-corrected chi connectivity index (χ0v) is 15.5. The summed E-state index contributed by atoms with van der Waals surface area (Å²) < 4.78 is 5.40. The van der Waals surface area contributed by atoms with Crippen molar-refractivity contribution < 1.29 is 14.3 Å². The number of anilines is 1. The molecule has 2 aromatic carbocycles. The van der Waals surface area contributed by atoms with Crippen molar-refractivity contribution in [1.82, 2.24) is 10.2 Å². The average Bonchev–Trinajstić information content (AvgIpc) is 2.71. The number of piperidine rings is 1. The van der Waals surface area contributed by atoms with Crippen molar-refractivity contribution in [2.24, 2.45) is 0 Å². The molecule has 0 aliphatic carbocycles. The normalized spacial score (nSPS) is 14.5. The monoisotopic (exact) mass is 367 g/mol. The molecule has 2 N–H and O–H groups in total. The summed E-state index contributed by atoms with van der Waals surface area (Å²) in [5.41, 5.74) is 1.40. The maximum absolute atomic E-state index is 12.4. The van der Waals surface area contributed by atoms with E-state index in [0.717, 1.165) is 24.3 Å². The Morgan fingerprint density at radius 2 is 1.70 bits per heavy atom. The Labute approximate surface area is 159 Å². The summed E-state index contributed by atoms with van der Waals surface area (Å²) >= 11 is 0. The predicted octanol–water partition coefficient (Wildman–Crippen LogP) is 3.51. The lowest BCUT2D eigenvalue weighted by Crippen LogP contribution is -2.47. The molecule has 1 heterocycles. The molecule has 6 heteroatoms. The number of urea groups is 1. The highest BCUT2D eigenvalue weighted by molar-refractivity contribution is 5.94. The van der Waals surface area contributed by atoms with Gasteiger partial charge in [-0.05, 0) is 56.2 Å². The number of rotatable bonds is 5. The SMILES string of the molecule is CCOc1ccc(NC(=O)N2CCC(NC(=O)c3ccccc3)CC2)cc1. The quantitative estimate of drug-likeness (QED) is 0.850. The standard InChI is InChI=1S/C21H25N3O3/c1-2-27-19-10-8-17(9-11-19)23-21(26)24-14-12-18(13-15-24)22-20(25)16-6-4-3-5-7-16/h3-11,18H,2,12-15H2,1H3,(H,22,25)(H,23,26). The van der Waals surface area contributed by atoms with Gasteiger partial charge in [0, 0.05) is 30.4 Å². The van der Waals surface area contributed by atoms with Crippen molar-refractivity contribution in [2.45, 2.75) is 25.8 Å². The largest absolute Gasteiger partial charge is 0.494 e. The minimum atomic E-state index is -0.119. The Morgan fingerprint density at radius 1 is 1.04 bits per heavy atom. The van der Waals surface area contributed by atoms with Gasteiger partial charge in [-0.25, -0.2) is 4.79 Å². The number of benzene rings is 2. The van der Waals surface area contributed by atoms with Crippen LogP contribution < -0.4 is 15.4 Å². The molecule has 0 bridgehead atoms. The smallest absolute Gasteiger partial charge is 0.321 e. The highest BCUT2D eigenvalue weighted by Crippen LogP contribution is 2.17. The van der Waals surface area contributed by atoms with Crippen LogP contribution in [-0.2, 0) is 0 Å². The van der Waals surface area contributed by atoms with Gasteiger partial charge in [0.1, 0.15) is 5.75 Å². The maximum atomic E-state index is 12.4. The van der Waals surface area contributed by atoms with E-state index in [0.29, 0.717) is 25.3 Å². The first-order valence-electron chi connectivity index (χ1n) is 9.30. The van der Waals surface area contributed by atoms with Gasteiger partial charge in [0.25, 0.3) is 5.91 Å². The van der Waals surface area contributed by atoms with E-state index in [1.807, 2.05) is 49.4 Å². The Morgan fingerprint density at radius 3 is 2.33 bits per heavy atom. The first kappa shape index (κ1) is 18.8. The van der Waals surface area contributed by atoms with Crippen LogP contribution in [0, 0.1) is 0 Å². The summed E-state index contributed by atoms with van der Waals surface area (Å²) in [5, 5.41) is 5.96. The van der Waals surface area contributed by atoms with Crippen LogP contribution >= 0.6 is 0 Å². The zero-order valence-electron chi connectivity index (χ0n) is 15.5. The predicted molar refractivity (Wildman–Crippen MR) is 105 cm³/mol. The number of ether oxygens (including phenoxy) is 1. The van der Waals surface area contributed by atoms with E-state index >= 15 is 0 Å². The van der Waals surface area contributed by atoms with Crippen LogP contribution in [0.15, 0.2) is 54.6 Å². The second-order valence-corrected chi connectivity index (χ2v) is 6.49. The average molecular weight is 367 g/mol. The van der Waals surface area contributed by atoms with E-state index in [1.54, 1.807) is 17.0 Å². The molecule has 1 aliphatic heterocycles. The van der Waals surface area contributed by atoms with Gasteiger partial charge in [0.05, 0.1) is 6.61 Å². The summed E-state index contributed by atoms with van der Waals surface area (Å²) in [6.07, 6.45) is 1.49. The van der Waals surface area contributed by atoms with E-state index < -0.39 is 0 Å². The van der Waals surface area contributed by atoms with Gasteiger partial charge in [0.2, 0.25) is 0 Å². The lowest BCUT2D eigenvalue weighted by Gasteiger charge is -2.32. The van der Waals surface area contributed by atoms with E-state index in [1.165, 1.54) is 0 Å². The van der Waals surface area contributed by atoms with Crippen molar-refractivity contribution in [1.29, 1.82) is 0 Å². The van der Waals surface area contributed by atoms with Gasteiger partial charge in [-0.15, -0.1) is 0 Å². The Hall–Kier alpha value is -3.02. The van der Waals surface area contributed by atoms with Gasteiger partial charge < -0.3 is 20.3 Å². The lowest BCUT2D eigenvalue weighted by atomic mass is 10.0. The molecule has 0 spiro atoms. The minimum absolute atomic E-state index is 0.0621. The number of nitrogens with zero attached hydrogens (tertiary/aromatic N) is 1. The van der Waals surface area contributed by atoms with E-state index in [9.17, 15) is 9.59 Å². The highest BCUT2D eigenvalue weighted by atomic mass is 16.5. The van der Waals surface area contributed by atoms with Gasteiger partial charge in [-0.3, -0.25) is 4.79 Å². The number of hydrogen-bond donors (Lipinski definition) is 2. The summed E-state index contributed by atoms with van der Waals surface area (Å²) in [5.74, 6) is 0.721. The Balaban J connectivity index is 1.45. The highest BCUT2D eigenvalue weighted by Gasteiger charge is 2.24. The first-order chi connectivity index (χ1) is 13.2. The fourth-order valence-corrected chi connectivity index (χ4v) is 3.09. The number of carbonyl (C=O) groups is 2. The number of carbonyl (C=O) groups excluding carboxylic acids is 2. The van der Waals surface area contributed by atoms with Crippen LogP contribution in [0.2, 0.25) is 0 Å². The summed E-state index contributed by atoms with van der Waals surface area (Å²) in [6.45, 7) is 3.77. The zero-order chi connectivity index (χ0) is 19.1. The number of nitrogens with one attached hydrogen (secondary N) is 2. The van der Waals surface area contributed by atoms with E-state index in [-0.39, 0.29) is 18.0 Å². The molecule has 6 nitrogen and oxygen atoms in total. The van der Waals surface area contributed by atoms with Crippen LogP contribution in [0.3, 0.4) is 0 Å². The summed E-state index contributed by atoms with van der Waals surface area (Å²) in [7, 11) is 0. The third-order valence-electron chi connectivity index (χ3n) is 4.57. The van der Waals surface area contributed by atoms with Crippen LogP contribution in [-0.4, -0.2) is 42.6 Å². The summed E-state index contributed by atoms with van der Waals surface area (Å²) in [6, 6.07) is 16.5. The number of amides is 3. The van der Waals surface area contributed by atoms with Crippen LogP contribution in [0.1, 0.15) is 30.1 Å². The molecule has 0 radical (unpaired) electrons. The molecule has 0 unspecified atom stereocenters. The van der Waals surface area contributed by atoms with Gasteiger partial charge in [0.15, 0.2) is 0 Å². The number of likely N-dealkylation sites (tertiary alicyclic amines) is 1. The molecule has 0 atom stereocenters. The molecule has 3 rings (SSSR count). The van der Waals surface area contributed by atoms with Crippen molar-refractivity contribution in [2.75, 3.05) is 25.0 Å². The molecule has 142 valence electrons. The van der Waals surface area contributed by atoms with Crippen molar-refractivity contribution in [3.8, 4) is 5.75 Å². The van der Waals surface area contributed by atoms with E-state index in [4.69, 9.17) is 4.74 Å². The molecule has 1 aliphatic rings. The topological polar surface area (TPSA) is 70.7 Å². The van der Waals surface area contributed by atoms with Gasteiger partial charge in [-0.2, -0.15) is 0 Å². The van der Waals surface area contributed by atoms with Crippen LogP contribution in [0.5, 0.6) is 5.75 Å². The molecule has 1 fully saturated rings. The third kappa shape index (κ3) is 5.23. The van der Waals surface area contributed by atoms with Crippen LogP contribution in [0.4, 0.5) is 10.5 Å². The van der Waals surface area contributed by atoms with Gasteiger partial charge in [-0.1, -0.05) is 18.2 Å². The molecule has 1 saturated heterocycles. The molecule has 0 saturated carbocycles. The van der Waals surface area contributed by atoms with Crippen molar-refractivity contribution in [3.05, 3.63) is 60.2 Å². The van der Waals surface area contributed by atoms with Gasteiger partial charge >= 0.3 is 6.03 Å². The molecule has 27 heavy (non-hydrogen) atoms. The molecule has 0 aromatic heterocycles. The van der Waals surface area contributed by atoms with E-state index in [2.05, 4.69) is 10.6 Å². The lowest BCUT2D eigenvalue weighted by molar-refractivity contribution is 0.0919. The first-order valence-corrected chi connectivity index (χ1v) is 9.30. The fraction of sp³-hybridized carbons (Fsp3) is 0.333. The second-order valence-electron chi connectivity index (χ2n) is 6.49. The van der Waals surface area contributed by atoms with Crippen molar-refractivity contribution in [3.63, 3.8) is 0 Å². The maximum Gasteiger partial charge on any atom is 0.321 e. The molecule has 3 amide bonds. The Kier molecular flexibility index (Phi) is 6.30. The second kappa shape index (κ2) is 9.07. The molecular weight excluding hydrogens is 342 g/mol. The van der Waals surface area contributed by atoms with Crippen molar-refractivity contribution >= 4 is 17.6 Å². The third-order valence-corrected chi connectivity index (χ3v) is 4.57. The fourth-order valence-electron chi connectivity index (χ4n) is 3.09.